The number of benzene rings is 1. The van der Waals surface area contributed by atoms with Crippen molar-refractivity contribution in [2.24, 2.45) is 0 Å². The molecule has 0 fully saturated rings. The minimum absolute atomic E-state index is 0.310. The first-order valence-electron chi connectivity index (χ1n) is 5.86. The van der Waals surface area contributed by atoms with Gasteiger partial charge in [-0.05, 0) is 18.1 Å². The summed E-state index contributed by atoms with van der Waals surface area (Å²) in [5.41, 5.74) is 8.91. The lowest BCUT2D eigenvalue weighted by Crippen LogP contribution is -2.05. The molecule has 0 amide bonds. The molecule has 4 nitrogen and oxygen atoms in total. The predicted molar refractivity (Wildman–Crippen MR) is 72.9 cm³/mol. The fraction of sp³-hybridized carbons (Fsp3) is 0.231. The molecule has 0 atom stereocenters. The highest BCUT2D eigenvalue weighted by molar-refractivity contribution is 6.31. The Hall–Kier alpha value is -1.81. The zero-order valence-corrected chi connectivity index (χ0v) is 10.5. The van der Waals surface area contributed by atoms with Crippen molar-refractivity contribution in [1.29, 1.82) is 0 Å². The van der Waals surface area contributed by atoms with Crippen LogP contribution in [0.1, 0.15) is 16.8 Å². The lowest BCUT2D eigenvalue weighted by molar-refractivity contribution is 0.990. The van der Waals surface area contributed by atoms with Crippen molar-refractivity contribution in [2.75, 3.05) is 17.6 Å². The van der Waals surface area contributed by atoms with Gasteiger partial charge < -0.3 is 11.1 Å². The summed E-state index contributed by atoms with van der Waals surface area (Å²) < 4.78 is 0. The maximum absolute atomic E-state index is 6.17. The van der Waals surface area contributed by atoms with Crippen LogP contribution in [0, 0.1) is 0 Å². The highest BCUT2D eigenvalue weighted by atomic mass is 35.5. The number of nitrogens with two attached hydrogens (primary N) is 1. The number of hydrogen-bond donors (Lipinski definition) is 2. The van der Waals surface area contributed by atoms with E-state index >= 15 is 0 Å². The summed E-state index contributed by atoms with van der Waals surface area (Å²) in [6, 6.07) is 7.80. The number of rotatable bonds is 2. The average molecular weight is 261 g/mol. The monoisotopic (exact) mass is 260 g/mol. The number of aromatic nitrogens is 2. The van der Waals surface area contributed by atoms with Gasteiger partial charge in [0, 0.05) is 23.6 Å². The van der Waals surface area contributed by atoms with Crippen LogP contribution in [0.5, 0.6) is 0 Å². The number of hydrogen-bond acceptors (Lipinski definition) is 4. The Balaban J connectivity index is 2.01. The molecule has 2 aromatic rings. The molecule has 0 spiro atoms. The Kier molecular flexibility index (Phi) is 2.80. The van der Waals surface area contributed by atoms with Crippen LogP contribution in [0.25, 0.3) is 0 Å². The van der Waals surface area contributed by atoms with Crippen LogP contribution in [0.15, 0.2) is 24.3 Å². The van der Waals surface area contributed by atoms with E-state index < -0.39 is 0 Å². The molecule has 0 saturated carbocycles. The van der Waals surface area contributed by atoms with Gasteiger partial charge in [0.05, 0.1) is 5.69 Å². The van der Waals surface area contributed by atoms with Crippen molar-refractivity contribution in [3.05, 3.63) is 46.1 Å². The van der Waals surface area contributed by atoms with Crippen LogP contribution in [0.3, 0.4) is 0 Å². The number of nitrogen functional groups attached to an aromatic ring is 1. The van der Waals surface area contributed by atoms with Crippen LogP contribution in [0.2, 0.25) is 5.02 Å². The van der Waals surface area contributed by atoms with E-state index in [1.807, 2.05) is 24.3 Å². The Morgan fingerprint density at radius 3 is 2.94 bits per heavy atom. The molecular weight excluding hydrogens is 248 g/mol. The number of halogens is 1. The summed E-state index contributed by atoms with van der Waals surface area (Å²) >= 11 is 6.17. The number of nitrogens with zero attached hydrogens (tertiary/aromatic N) is 2. The molecule has 18 heavy (non-hydrogen) atoms. The zero-order valence-electron chi connectivity index (χ0n) is 9.78. The van der Waals surface area contributed by atoms with E-state index in [0.29, 0.717) is 12.4 Å². The Morgan fingerprint density at radius 2 is 2.11 bits per heavy atom. The third-order valence-electron chi connectivity index (χ3n) is 3.09. The topological polar surface area (TPSA) is 63.8 Å². The number of fused-ring (bicyclic) bond motifs is 1. The molecule has 0 unspecified atom stereocenters. The first-order valence-corrected chi connectivity index (χ1v) is 6.24. The maximum Gasteiger partial charge on any atom is 0.222 e. The van der Waals surface area contributed by atoms with Crippen molar-refractivity contribution in [3.8, 4) is 0 Å². The van der Waals surface area contributed by atoms with Gasteiger partial charge in [-0.25, -0.2) is 4.98 Å². The second kappa shape index (κ2) is 4.46. The van der Waals surface area contributed by atoms with Gasteiger partial charge in [-0.2, -0.15) is 4.98 Å². The third-order valence-corrected chi connectivity index (χ3v) is 3.46. The minimum atomic E-state index is 0.310. The summed E-state index contributed by atoms with van der Waals surface area (Å²) in [4.78, 5) is 8.55. The van der Waals surface area contributed by atoms with E-state index in [9.17, 15) is 0 Å². The third kappa shape index (κ3) is 1.99. The molecular formula is C13H13ClN4. The Morgan fingerprint density at radius 1 is 1.28 bits per heavy atom. The molecule has 1 aliphatic rings. The van der Waals surface area contributed by atoms with Crippen molar-refractivity contribution in [1.82, 2.24) is 9.97 Å². The molecule has 1 aromatic carbocycles. The molecule has 0 saturated heterocycles. The summed E-state index contributed by atoms with van der Waals surface area (Å²) in [7, 11) is 0. The quantitative estimate of drug-likeness (QED) is 0.870. The van der Waals surface area contributed by atoms with Crippen LogP contribution >= 0.6 is 11.6 Å². The van der Waals surface area contributed by atoms with Crippen molar-refractivity contribution in [2.45, 2.75) is 12.8 Å². The van der Waals surface area contributed by atoms with E-state index in [1.165, 1.54) is 0 Å². The van der Waals surface area contributed by atoms with Gasteiger partial charge in [-0.1, -0.05) is 29.8 Å². The van der Waals surface area contributed by atoms with E-state index in [0.717, 1.165) is 40.6 Å². The summed E-state index contributed by atoms with van der Waals surface area (Å²) in [5, 5.41) is 3.98. The van der Waals surface area contributed by atoms with E-state index in [2.05, 4.69) is 15.3 Å². The SMILES string of the molecule is Nc1nc(Cc2ccccc2Cl)c2c(n1)NCC2. The molecule has 1 aromatic heterocycles. The van der Waals surface area contributed by atoms with Crippen LogP contribution in [-0.4, -0.2) is 16.5 Å². The van der Waals surface area contributed by atoms with Gasteiger partial charge in [0.1, 0.15) is 5.82 Å². The second-order valence-corrected chi connectivity index (χ2v) is 4.71. The smallest absolute Gasteiger partial charge is 0.222 e. The molecule has 0 aliphatic carbocycles. The standard InChI is InChI=1S/C13H13ClN4/c14-10-4-2-1-3-8(10)7-11-9-5-6-16-12(9)18-13(15)17-11/h1-4H,5-7H2,(H3,15,16,17,18). The van der Waals surface area contributed by atoms with E-state index in [-0.39, 0.29) is 0 Å². The van der Waals surface area contributed by atoms with Gasteiger partial charge in [0.25, 0.3) is 0 Å². The van der Waals surface area contributed by atoms with Gasteiger partial charge in [0.2, 0.25) is 5.95 Å². The predicted octanol–water partition coefficient (Wildman–Crippen LogP) is 2.27. The normalized spacial score (nSPS) is 13.2. The summed E-state index contributed by atoms with van der Waals surface area (Å²) in [6.07, 6.45) is 1.63. The van der Waals surface area contributed by atoms with Gasteiger partial charge in [-0.3, -0.25) is 0 Å². The maximum atomic E-state index is 6.17. The van der Waals surface area contributed by atoms with Gasteiger partial charge in [0.15, 0.2) is 0 Å². The molecule has 92 valence electrons. The van der Waals surface area contributed by atoms with Crippen LogP contribution in [-0.2, 0) is 12.8 Å². The molecule has 1 aliphatic heterocycles. The lowest BCUT2D eigenvalue weighted by Gasteiger charge is -2.08. The van der Waals surface area contributed by atoms with Gasteiger partial charge in [-0.15, -0.1) is 0 Å². The van der Waals surface area contributed by atoms with Gasteiger partial charge >= 0.3 is 0 Å². The summed E-state index contributed by atoms with van der Waals surface area (Å²) in [6.45, 7) is 0.892. The molecule has 3 N–H and O–H groups in total. The zero-order chi connectivity index (χ0) is 12.5. The highest BCUT2D eigenvalue weighted by Gasteiger charge is 2.18. The minimum Gasteiger partial charge on any atom is -0.369 e. The van der Waals surface area contributed by atoms with Crippen molar-refractivity contribution >= 4 is 23.4 Å². The first kappa shape index (κ1) is 11.3. The van der Waals surface area contributed by atoms with Crippen molar-refractivity contribution in [3.63, 3.8) is 0 Å². The second-order valence-electron chi connectivity index (χ2n) is 4.30. The largest absolute Gasteiger partial charge is 0.369 e. The van der Waals surface area contributed by atoms with E-state index in [4.69, 9.17) is 17.3 Å². The number of anilines is 2. The molecule has 2 heterocycles. The molecule has 5 heteroatoms. The fourth-order valence-electron chi connectivity index (χ4n) is 2.23. The summed E-state index contributed by atoms with van der Waals surface area (Å²) in [5.74, 6) is 1.18. The highest BCUT2D eigenvalue weighted by Crippen LogP contribution is 2.26. The Labute approximate surface area is 110 Å². The Bertz CT molecular complexity index is 598. The van der Waals surface area contributed by atoms with Crippen molar-refractivity contribution < 1.29 is 0 Å². The molecule has 0 bridgehead atoms. The lowest BCUT2D eigenvalue weighted by atomic mass is 10.0. The molecule has 3 rings (SSSR count). The first-order chi connectivity index (χ1) is 8.74. The molecule has 0 radical (unpaired) electrons. The van der Waals surface area contributed by atoms with Crippen LogP contribution < -0.4 is 11.1 Å². The van der Waals surface area contributed by atoms with Crippen LogP contribution in [0.4, 0.5) is 11.8 Å². The fourth-order valence-corrected chi connectivity index (χ4v) is 2.44. The number of nitrogens with one attached hydrogen (secondary N) is 1. The average Bonchev–Trinajstić information content (AvgIpc) is 2.80. The van der Waals surface area contributed by atoms with E-state index in [1.54, 1.807) is 0 Å².